The van der Waals surface area contributed by atoms with Crippen LogP contribution in [0.3, 0.4) is 0 Å². The summed E-state index contributed by atoms with van der Waals surface area (Å²) in [4.78, 5) is 29.4. The fourth-order valence-corrected chi connectivity index (χ4v) is 7.77. The second-order valence-electron chi connectivity index (χ2n) is 12.9. The maximum Gasteiger partial charge on any atom is 0.255 e. The molecule has 0 radical (unpaired) electrons. The molecular formula is C32H47N3O5. The van der Waals surface area contributed by atoms with Crippen LogP contribution in [0.15, 0.2) is 18.2 Å². The Labute approximate surface area is 238 Å². The molecule has 5 atom stereocenters. The summed E-state index contributed by atoms with van der Waals surface area (Å²) in [6.07, 6.45) is 12.7. The third-order valence-electron chi connectivity index (χ3n) is 10.1. The zero-order valence-corrected chi connectivity index (χ0v) is 23.8. The highest BCUT2D eigenvalue weighted by molar-refractivity contribution is 5.97. The highest BCUT2D eigenvalue weighted by Gasteiger charge is 2.40. The van der Waals surface area contributed by atoms with Gasteiger partial charge in [-0.05, 0) is 74.5 Å². The van der Waals surface area contributed by atoms with Gasteiger partial charge in [0, 0.05) is 32.1 Å². The van der Waals surface area contributed by atoms with E-state index in [-0.39, 0.29) is 30.0 Å². The van der Waals surface area contributed by atoms with Crippen LogP contribution in [0.2, 0.25) is 0 Å². The van der Waals surface area contributed by atoms with Crippen LogP contribution < -0.4 is 15.4 Å². The van der Waals surface area contributed by atoms with Gasteiger partial charge in [0.2, 0.25) is 5.91 Å². The molecule has 2 saturated carbocycles. The van der Waals surface area contributed by atoms with Crippen molar-refractivity contribution in [2.24, 2.45) is 5.92 Å². The van der Waals surface area contributed by atoms with Gasteiger partial charge in [0.05, 0.1) is 30.4 Å². The van der Waals surface area contributed by atoms with Crippen LogP contribution in [0, 0.1) is 5.92 Å². The molecule has 8 nitrogen and oxygen atoms in total. The molecule has 3 aliphatic heterocycles. The molecule has 40 heavy (non-hydrogen) atoms. The van der Waals surface area contributed by atoms with E-state index in [1.165, 1.54) is 63.4 Å². The number of hydrogen-bond acceptors (Lipinski definition) is 6. The van der Waals surface area contributed by atoms with Crippen LogP contribution in [0.1, 0.15) is 105 Å². The number of aliphatic hydroxyl groups is 1. The van der Waals surface area contributed by atoms with Crippen LogP contribution in [-0.4, -0.2) is 78.5 Å². The number of ether oxygens (including phenoxy) is 2. The average Bonchev–Trinajstić information content (AvgIpc) is 3.64. The van der Waals surface area contributed by atoms with Crippen molar-refractivity contribution in [1.29, 1.82) is 0 Å². The minimum atomic E-state index is -0.583. The van der Waals surface area contributed by atoms with Crippen molar-refractivity contribution in [1.82, 2.24) is 15.5 Å². The molecule has 1 aromatic rings. The third kappa shape index (κ3) is 6.50. The monoisotopic (exact) mass is 553 g/mol. The van der Waals surface area contributed by atoms with E-state index in [2.05, 4.69) is 27.7 Å². The lowest BCUT2D eigenvalue weighted by atomic mass is 9.89. The quantitative estimate of drug-likeness (QED) is 0.525. The maximum atomic E-state index is 13.6. The fraction of sp³-hybridized carbons (Fsp3) is 0.750. The smallest absolute Gasteiger partial charge is 0.255 e. The summed E-state index contributed by atoms with van der Waals surface area (Å²) < 4.78 is 12.6. The molecule has 0 unspecified atom stereocenters. The highest BCUT2D eigenvalue weighted by atomic mass is 16.5. The molecule has 0 spiro atoms. The van der Waals surface area contributed by atoms with Gasteiger partial charge in [0.15, 0.2) is 0 Å². The van der Waals surface area contributed by atoms with Crippen molar-refractivity contribution < 1.29 is 24.2 Å². The molecule has 2 aliphatic carbocycles. The largest absolute Gasteiger partial charge is 0.493 e. The van der Waals surface area contributed by atoms with Crippen LogP contribution in [-0.2, 0) is 9.53 Å². The van der Waals surface area contributed by atoms with Crippen LogP contribution in [0.25, 0.3) is 0 Å². The molecule has 2 saturated heterocycles. The first-order chi connectivity index (χ1) is 19.5. The number of aliphatic hydroxyl groups excluding tert-OH is 1. The Balaban J connectivity index is 1.25. The molecular weight excluding hydrogens is 506 g/mol. The van der Waals surface area contributed by atoms with Crippen LogP contribution >= 0.6 is 0 Å². The van der Waals surface area contributed by atoms with Gasteiger partial charge in [-0.1, -0.05) is 38.2 Å². The summed E-state index contributed by atoms with van der Waals surface area (Å²) in [6, 6.07) is 5.72. The van der Waals surface area contributed by atoms with Gasteiger partial charge in [-0.2, -0.15) is 0 Å². The number of carbonyl (C=O) groups is 2. The summed E-state index contributed by atoms with van der Waals surface area (Å²) in [5.41, 5.74) is 1.82. The number of nitrogens with zero attached hydrogens (tertiary/aromatic N) is 1. The molecule has 6 rings (SSSR count). The molecule has 3 heterocycles. The van der Waals surface area contributed by atoms with Gasteiger partial charge in [0.25, 0.3) is 5.91 Å². The number of likely N-dealkylation sites (tertiary alicyclic amines) is 1. The highest BCUT2D eigenvalue weighted by Crippen LogP contribution is 2.37. The number of fused-ring (bicyclic) bond motifs is 5. The molecule has 2 amide bonds. The predicted molar refractivity (Wildman–Crippen MR) is 152 cm³/mol. The Kier molecular flexibility index (Phi) is 8.94. The van der Waals surface area contributed by atoms with Crippen molar-refractivity contribution in [2.75, 3.05) is 26.2 Å². The van der Waals surface area contributed by atoms with Gasteiger partial charge in [-0.15, -0.1) is 0 Å². The predicted octanol–water partition coefficient (Wildman–Crippen LogP) is 3.90. The maximum absolute atomic E-state index is 13.6. The minimum absolute atomic E-state index is 0.0254. The lowest BCUT2D eigenvalue weighted by Crippen LogP contribution is -2.50. The van der Waals surface area contributed by atoms with Crippen molar-refractivity contribution in [3.05, 3.63) is 29.3 Å². The summed E-state index contributed by atoms with van der Waals surface area (Å²) in [7, 11) is 0. The van der Waals surface area contributed by atoms with E-state index >= 15 is 0 Å². The van der Waals surface area contributed by atoms with Gasteiger partial charge < -0.3 is 25.2 Å². The molecule has 4 fully saturated rings. The Bertz CT molecular complexity index is 1040. The number of benzene rings is 1. The first-order valence-electron chi connectivity index (χ1n) is 16.0. The molecule has 1 aromatic carbocycles. The van der Waals surface area contributed by atoms with E-state index < -0.39 is 12.2 Å². The first-order valence-corrected chi connectivity index (χ1v) is 16.0. The minimum Gasteiger partial charge on any atom is -0.493 e. The lowest BCUT2D eigenvalue weighted by molar-refractivity contribution is -0.133. The number of carbonyl (C=O) groups excluding carboxylic acids is 2. The number of rotatable bonds is 3. The number of nitrogens with one attached hydrogen (secondary N) is 2. The average molecular weight is 554 g/mol. The molecule has 0 aromatic heterocycles. The van der Waals surface area contributed by atoms with Gasteiger partial charge in [0.1, 0.15) is 11.9 Å². The summed E-state index contributed by atoms with van der Waals surface area (Å²) in [6.45, 7) is 2.30. The standard InChI is InChI=1S/C32H47N3O5/c36-28-13-11-25-14-15-39-29-16-23(22-8-4-5-9-22)10-12-26(29)31(37)34-24-17-27(32(38)33-18-30(28)40-25)35(20-24)19-21-6-2-1-3-7-21/h10,12,16,21-22,24-25,27-28,30,36H,1-9,11,13-15,17-20H2,(H,33,38)(H,34,37)/t24-,25-,27-,28-,30+/m0/s1. The number of amides is 2. The van der Waals surface area contributed by atoms with E-state index in [1.807, 2.05) is 6.07 Å². The van der Waals surface area contributed by atoms with Gasteiger partial charge in [-0.25, -0.2) is 0 Å². The van der Waals surface area contributed by atoms with Gasteiger partial charge in [-0.3, -0.25) is 14.5 Å². The van der Waals surface area contributed by atoms with Crippen molar-refractivity contribution in [2.45, 2.75) is 120 Å². The van der Waals surface area contributed by atoms with Gasteiger partial charge >= 0.3 is 0 Å². The molecule has 220 valence electrons. The van der Waals surface area contributed by atoms with E-state index in [4.69, 9.17) is 9.47 Å². The van der Waals surface area contributed by atoms with Crippen LogP contribution in [0.5, 0.6) is 5.75 Å². The fourth-order valence-electron chi connectivity index (χ4n) is 7.77. The van der Waals surface area contributed by atoms with E-state index in [1.54, 1.807) is 0 Å². The normalized spacial score (nSPS) is 33.2. The summed E-state index contributed by atoms with van der Waals surface area (Å²) >= 11 is 0. The van der Waals surface area contributed by atoms with Crippen molar-refractivity contribution >= 4 is 11.8 Å². The molecule has 8 heteroatoms. The Morgan fingerprint density at radius 2 is 1.75 bits per heavy atom. The zero-order valence-electron chi connectivity index (χ0n) is 23.8. The van der Waals surface area contributed by atoms with Crippen molar-refractivity contribution in [3.63, 3.8) is 0 Å². The van der Waals surface area contributed by atoms with Crippen molar-refractivity contribution in [3.8, 4) is 5.75 Å². The second kappa shape index (κ2) is 12.8. The molecule has 4 bridgehead atoms. The molecule has 3 N–H and O–H groups in total. The van der Waals surface area contributed by atoms with E-state index in [0.29, 0.717) is 62.1 Å². The lowest BCUT2D eigenvalue weighted by Gasteiger charge is -2.35. The second-order valence-corrected chi connectivity index (χ2v) is 12.9. The summed E-state index contributed by atoms with van der Waals surface area (Å²) in [5.74, 6) is 1.62. The zero-order chi connectivity index (χ0) is 27.5. The molecule has 5 aliphatic rings. The summed E-state index contributed by atoms with van der Waals surface area (Å²) in [5, 5.41) is 17.0. The SMILES string of the molecule is O=C1N[C@H]2C[C@@H](C(=O)NC[C@H]3O[C@H](CCOc4cc(C5CCCC5)ccc41)CC[C@@H]3O)N(CC1CCCCC1)C2. The number of hydrogen-bond donors (Lipinski definition) is 3. The third-order valence-corrected chi connectivity index (χ3v) is 10.1. The van der Waals surface area contributed by atoms with E-state index in [9.17, 15) is 14.7 Å². The Hall–Kier alpha value is -2.16. The Morgan fingerprint density at radius 1 is 0.950 bits per heavy atom. The first kappa shape index (κ1) is 28.0. The van der Waals surface area contributed by atoms with E-state index in [0.717, 1.165) is 13.0 Å². The van der Waals surface area contributed by atoms with Crippen LogP contribution in [0.4, 0.5) is 0 Å². The topological polar surface area (TPSA) is 100 Å². The Morgan fingerprint density at radius 3 is 2.58 bits per heavy atom.